The van der Waals surface area contributed by atoms with Gasteiger partial charge in [-0.25, -0.2) is 9.37 Å². The van der Waals surface area contributed by atoms with Gasteiger partial charge in [0.2, 0.25) is 0 Å². The van der Waals surface area contributed by atoms with E-state index in [1.807, 2.05) is 45.9 Å². The average molecular weight is 346 g/mol. The number of aryl methyl sites for hydroxylation is 1. The number of hydrogen-bond acceptors (Lipinski definition) is 4. The molecule has 0 saturated carbocycles. The molecule has 0 spiro atoms. The molecule has 2 N–H and O–H groups in total. The number of benzene rings is 1. The van der Waals surface area contributed by atoms with Gasteiger partial charge in [-0.2, -0.15) is 0 Å². The van der Waals surface area contributed by atoms with Crippen molar-refractivity contribution in [2.75, 3.05) is 13.2 Å². The van der Waals surface area contributed by atoms with E-state index in [9.17, 15) is 9.50 Å². The van der Waals surface area contributed by atoms with Crippen LogP contribution in [-0.4, -0.2) is 29.3 Å². The molecule has 0 saturated heterocycles. The number of ether oxygens (including phenoxy) is 1. The smallest absolute Gasteiger partial charge is 0.146 e. The van der Waals surface area contributed by atoms with Crippen LogP contribution in [0.3, 0.4) is 0 Å². The van der Waals surface area contributed by atoms with Gasteiger partial charge in [-0.05, 0) is 55.7 Å². The normalized spacial score (nSPS) is 12.4. The highest BCUT2D eigenvalue weighted by Crippen LogP contribution is 2.26. The van der Waals surface area contributed by atoms with E-state index in [2.05, 4.69) is 10.3 Å². The highest BCUT2D eigenvalue weighted by molar-refractivity contribution is 5.64. The Bertz CT molecular complexity index is 704. The lowest BCUT2D eigenvalue weighted by Gasteiger charge is -2.20. The van der Waals surface area contributed by atoms with Crippen LogP contribution in [0.2, 0.25) is 0 Å². The molecular weight excluding hydrogens is 319 g/mol. The molecule has 2 rings (SSSR count). The molecule has 0 aliphatic heterocycles. The van der Waals surface area contributed by atoms with E-state index in [1.54, 1.807) is 6.07 Å². The second-order valence-corrected chi connectivity index (χ2v) is 6.45. The van der Waals surface area contributed by atoms with Crippen LogP contribution in [-0.2, 0) is 6.54 Å². The van der Waals surface area contributed by atoms with Crippen LogP contribution in [0.4, 0.5) is 4.39 Å². The van der Waals surface area contributed by atoms with Gasteiger partial charge in [0.25, 0.3) is 0 Å². The van der Waals surface area contributed by atoms with Gasteiger partial charge in [0.1, 0.15) is 11.6 Å². The fraction of sp³-hybridized carbons (Fsp3) is 0.450. The van der Waals surface area contributed by atoms with Crippen molar-refractivity contribution < 1.29 is 14.2 Å². The summed E-state index contributed by atoms with van der Waals surface area (Å²) in [5.74, 6) is 0.723. The first kappa shape index (κ1) is 19.3. The standard InChI is InChI=1S/C20H27FN2O2/c1-5-25-15-6-7-16(14(4)10-15)18-9-8-17(21)19(23-18)11-22-20(12-24)13(2)3/h6-10,13,20,22,24H,5,11-12H2,1-4H3/t20-/m0/s1. The topological polar surface area (TPSA) is 54.4 Å². The van der Waals surface area contributed by atoms with Crippen molar-refractivity contribution in [1.29, 1.82) is 0 Å². The van der Waals surface area contributed by atoms with Crippen molar-refractivity contribution in [2.45, 2.75) is 40.3 Å². The molecule has 5 heteroatoms. The van der Waals surface area contributed by atoms with Crippen LogP contribution in [0.25, 0.3) is 11.3 Å². The molecule has 1 aromatic carbocycles. The SMILES string of the molecule is CCOc1ccc(-c2ccc(F)c(CN[C@@H](CO)C(C)C)n2)c(C)c1. The Hall–Kier alpha value is -1.98. The highest BCUT2D eigenvalue weighted by Gasteiger charge is 2.14. The molecule has 1 atom stereocenters. The minimum Gasteiger partial charge on any atom is -0.494 e. The Balaban J connectivity index is 2.23. The van der Waals surface area contributed by atoms with E-state index in [1.165, 1.54) is 6.07 Å². The number of aliphatic hydroxyl groups excluding tert-OH is 1. The summed E-state index contributed by atoms with van der Waals surface area (Å²) in [6, 6.07) is 8.85. The number of aromatic nitrogens is 1. The lowest BCUT2D eigenvalue weighted by Crippen LogP contribution is -2.36. The van der Waals surface area contributed by atoms with Crippen molar-refractivity contribution in [3.8, 4) is 17.0 Å². The lowest BCUT2D eigenvalue weighted by atomic mass is 10.0. The van der Waals surface area contributed by atoms with Gasteiger partial charge in [-0.3, -0.25) is 0 Å². The van der Waals surface area contributed by atoms with Crippen molar-refractivity contribution >= 4 is 0 Å². The summed E-state index contributed by atoms with van der Waals surface area (Å²) in [7, 11) is 0. The summed E-state index contributed by atoms with van der Waals surface area (Å²) in [5.41, 5.74) is 3.06. The molecule has 0 aliphatic rings. The Morgan fingerprint density at radius 1 is 1.24 bits per heavy atom. The molecule has 0 bridgehead atoms. The maximum atomic E-state index is 14.1. The zero-order chi connectivity index (χ0) is 18.4. The first-order valence-corrected chi connectivity index (χ1v) is 8.69. The van der Waals surface area contributed by atoms with Gasteiger partial charge in [-0.1, -0.05) is 13.8 Å². The fourth-order valence-corrected chi connectivity index (χ4v) is 2.68. The van der Waals surface area contributed by atoms with E-state index in [0.717, 1.165) is 22.6 Å². The summed E-state index contributed by atoms with van der Waals surface area (Å²) in [5, 5.41) is 12.6. The highest BCUT2D eigenvalue weighted by atomic mass is 19.1. The predicted octanol–water partition coefficient (Wildman–Crippen LogP) is 3.70. The first-order valence-electron chi connectivity index (χ1n) is 8.69. The summed E-state index contributed by atoms with van der Waals surface area (Å²) in [6.07, 6.45) is 0. The molecule has 1 heterocycles. The molecule has 0 unspecified atom stereocenters. The molecule has 2 aromatic rings. The van der Waals surface area contributed by atoms with Crippen LogP contribution in [0.5, 0.6) is 5.75 Å². The molecule has 0 amide bonds. The number of aliphatic hydroxyl groups is 1. The molecule has 4 nitrogen and oxygen atoms in total. The largest absolute Gasteiger partial charge is 0.494 e. The van der Waals surface area contributed by atoms with Crippen LogP contribution in [0, 0.1) is 18.7 Å². The third kappa shape index (κ3) is 5.00. The summed E-state index contributed by atoms with van der Waals surface area (Å²) in [4.78, 5) is 4.48. The van der Waals surface area contributed by atoms with Gasteiger partial charge >= 0.3 is 0 Å². The maximum Gasteiger partial charge on any atom is 0.146 e. The predicted molar refractivity (Wildman–Crippen MR) is 98.1 cm³/mol. The Labute approximate surface area is 149 Å². The number of halogens is 1. The van der Waals surface area contributed by atoms with Crippen LogP contribution >= 0.6 is 0 Å². The number of nitrogens with one attached hydrogen (secondary N) is 1. The maximum absolute atomic E-state index is 14.1. The third-order valence-electron chi connectivity index (χ3n) is 4.24. The lowest BCUT2D eigenvalue weighted by molar-refractivity contribution is 0.209. The zero-order valence-electron chi connectivity index (χ0n) is 15.3. The van der Waals surface area contributed by atoms with Crippen LogP contribution in [0.15, 0.2) is 30.3 Å². The van der Waals surface area contributed by atoms with Crippen molar-refractivity contribution in [3.05, 3.63) is 47.4 Å². The monoisotopic (exact) mass is 346 g/mol. The molecule has 0 fully saturated rings. The fourth-order valence-electron chi connectivity index (χ4n) is 2.68. The van der Waals surface area contributed by atoms with Crippen LogP contribution < -0.4 is 10.1 Å². The van der Waals surface area contributed by atoms with Crippen LogP contribution in [0.1, 0.15) is 32.0 Å². The van der Waals surface area contributed by atoms with Gasteiger partial charge in [0.15, 0.2) is 0 Å². The Morgan fingerprint density at radius 2 is 2.00 bits per heavy atom. The summed E-state index contributed by atoms with van der Waals surface area (Å²) in [6.45, 7) is 8.86. The average Bonchev–Trinajstić information content (AvgIpc) is 2.57. The molecule has 25 heavy (non-hydrogen) atoms. The minimum absolute atomic E-state index is 0.0109. The second kappa shape index (κ2) is 8.92. The van der Waals surface area contributed by atoms with E-state index >= 15 is 0 Å². The van der Waals surface area contributed by atoms with Crippen molar-refractivity contribution in [3.63, 3.8) is 0 Å². The van der Waals surface area contributed by atoms with Gasteiger partial charge in [0, 0.05) is 18.2 Å². The molecule has 0 aliphatic carbocycles. The molecule has 136 valence electrons. The van der Waals surface area contributed by atoms with E-state index in [-0.39, 0.29) is 30.9 Å². The molecule has 0 radical (unpaired) electrons. The van der Waals surface area contributed by atoms with Gasteiger partial charge < -0.3 is 15.2 Å². The number of pyridine rings is 1. The van der Waals surface area contributed by atoms with E-state index < -0.39 is 0 Å². The molecular formula is C20H27FN2O2. The second-order valence-electron chi connectivity index (χ2n) is 6.45. The quantitative estimate of drug-likeness (QED) is 0.765. The first-order chi connectivity index (χ1) is 12.0. The van der Waals surface area contributed by atoms with Gasteiger partial charge in [-0.15, -0.1) is 0 Å². The Morgan fingerprint density at radius 3 is 2.60 bits per heavy atom. The number of nitrogens with zero attached hydrogens (tertiary/aromatic N) is 1. The molecule has 1 aromatic heterocycles. The number of hydrogen-bond donors (Lipinski definition) is 2. The number of rotatable bonds is 8. The van der Waals surface area contributed by atoms with E-state index in [0.29, 0.717) is 12.3 Å². The summed E-state index contributed by atoms with van der Waals surface area (Å²) < 4.78 is 19.6. The Kier molecular flexibility index (Phi) is 6.91. The third-order valence-corrected chi connectivity index (χ3v) is 4.24. The van der Waals surface area contributed by atoms with E-state index in [4.69, 9.17) is 4.74 Å². The summed E-state index contributed by atoms with van der Waals surface area (Å²) >= 11 is 0. The van der Waals surface area contributed by atoms with Gasteiger partial charge in [0.05, 0.1) is 24.6 Å². The zero-order valence-corrected chi connectivity index (χ0v) is 15.3. The van der Waals surface area contributed by atoms with Crippen molar-refractivity contribution in [1.82, 2.24) is 10.3 Å². The van der Waals surface area contributed by atoms with Crippen molar-refractivity contribution in [2.24, 2.45) is 5.92 Å². The minimum atomic E-state index is -0.347.